The first-order chi connectivity index (χ1) is 11.8. The number of hydrogen-bond acceptors (Lipinski definition) is 6. The monoisotopic (exact) mass is 322 g/mol. The number of aliphatic hydroxyl groups excluding tert-OH is 1. The van der Waals surface area contributed by atoms with Crippen LogP contribution in [-0.2, 0) is 6.54 Å². The second-order valence-corrected chi connectivity index (χ2v) is 6.01. The van der Waals surface area contributed by atoms with E-state index in [2.05, 4.69) is 32.2 Å². The highest BCUT2D eigenvalue weighted by atomic mass is 16.5. The van der Waals surface area contributed by atoms with Crippen molar-refractivity contribution in [1.29, 1.82) is 0 Å². The molecule has 0 unspecified atom stereocenters. The van der Waals surface area contributed by atoms with E-state index in [0.29, 0.717) is 24.7 Å². The molecule has 0 spiro atoms. The Kier molecular flexibility index (Phi) is 4.06. The molecular formula is C18H18N4O2. The number of likely N-dealkylation sites (tertiary alicyclic amines) is 1. The highest BCUT2D eigenvalue weighted by molar-refractivity contribution is 5.52. The largest absolute Gasteiger partial charge is 0.392 e. The highest BCUT2D eigenvalue weighted by Crippen LogP contribution is 2.33. The van der Waals surface area contributed by atoms with Gasteiger partial charge in [0, 0.05) is 31.0 Å². The van der Waals surface area contributed by atoms with Crippen LogP contribution in [0.15, 0.2) is 59.4 Å². The predicted molar refractivity (Wildman–Crippen MR) is 87.7 cm³/mol. The fourth-order valence-corrected chi connectivity index (χ4v) is 3.12. The van der Waals surface area contributed by atoms with Crippen molar-refractivity contribution in [2.45, 2.75) is 25.1 Å². The topological polar surface area (TPSA) is 75.3 Å². The summed E-state index contributed by atoms with van der Waals surface area (Å²) in [5, 5.41) is 14.2. The van der Waals surface area contributed by atoms with Crippen LogP contribution >= 0.6 is 0 Å². The Balaban J connectivity index is 1.57. The molecule has 0 amide bonds. The molecule has 4 rings (SSSR count). The van der Waals surface area contributed by atoms with Gasteiger partial charge in [-0.25, -0.2) is 0 Å². The van der Waals surface area contributed by atoms with Crippen molar-refractivity contribution in [3.05, 3.63) is 66.3 Å². The van der Waals surface area contributed by atoms with Crippen molar-refractivity contribution >= 4 is 0 Å². The van der Waals surface area contributed by atoms with E-state index >= 15 is 0 Å². The SMILES string of the molecule is O[C@@H]1C[C@@H](c2nc(-c3ccncc3)no2)N(Cc2ccccc2)C1. The Morgan fingerprint density at radius 2 is 1.92 bits per heavy atom. The fourth-order valence-electron chi connectivity index (χ4n) is 3.12. The minimum Gasteiger partial charge on any atom is -0.392 e. The van der Waals surface area contributed by atoms with Gasteiger partial charge in [-0.15, -0.1) is 0 Å². The Morgan fingerprint density at radius 1 is 1.12 bits per heavy atom. The molecule has 1 aliphatic rings. The lowest BCUT2D eigenvalue weighted by atomic mass is 10.1. The average Bonchev–Trinajstić information content (AvgIpc) is 3.23. The van der Waals surface area contributed by atoms with Crippen molar-refractivity contribution in [2.75, 3.05) is 6.54 Å². The molecule has 2 aromatic heterocycles. The van der Waals surface area contributed by atoms with E-state index in [9.17, 15) is 5.11 Å². The smallest absolute Gasteiger partial charge is 0.244 e. The maximum Gasteiger partial charge on any atom is 0.244 e. The molecule has 0 radical (unpaired) electrons. The van der Waals surface area contributed by atoms with Crippen molar-refractivity contribution in [1.82, 2.24) is 20.0 Å². The Labute approximate surface area is 139 Å². The van der Waals surface area contributed by atoms with Gasteiger partial charge in [0.2, 0.25) is 11.7 Å². The first kappa shape index (κ1) is 15.0. The lowest BCUT2D eigenvalue weighted by molar-refractivity contribution is 0.169. The Hall–Kier alpha value is -2.57. The molecule has 1 fully saturated rings. The predicted octanol–water partition coefficient (Wildman–Crippen LogP) is 2.44. The molecule has 6 heteroatoms. The number of hydrogen-bond donors (Lipinski definition) is 1. The van der Waals surface area contributed by atoms with Gasteiger partial charge < -0.3 is 9.63 Å². The summed E-state index contributed by atoms with van der Waals surface area (Å²) in [7, 11) is 0. The number of benzene rings is 1. The molecule has 3 heterocycles. The summed E-state index contributed by atoms with van der Waals surface area (Å²) in [6.07, 6.45) is 3.62. The van der Waals surface area contributed by atoms with Crippen molar-refractivity contribution in [3.63, 3.8) is 0 Å². The number of rotatable bonds is 4. The van der Waals surface area contributed by atoms with Crippen LogP contribution in [0.4, 0.5) is 0 Å². The zero-order valence-electron chi connectivity index (χ0n) is 13.1. The standard InChI is InChI=1S/C18H18N4O2/c23-15-10-16(22(12-15)11-13-4-2-1-3-5-13)18-20-17(21-24-18)14-6-8-19-9-7-14/h1-9,15-16,23H,10-12H2/t15-,16+/m1/s1. The molecule has 0 aliphatic carbocycles. The Bertz CT molecular complexity index is 791. The van der Waals surface area contributed by atoms with Crippen LogP contribution in [0.3, 0.4) is 0 Å². The van der Waals surface area contributed by atoms with Crippen LogP contribution in [0.5, 0.6) is 0 Å². The highest BCUT2D eigenvalue weighted by Gasteiger charge is 2.35. The molecule has 24 heavy (non-hydrogen) atoms. The number of aliphatic hydroxyl groups is 1. The molecule has 1 N–H and O–H groups in total. The van der Waals surface area contributed by atoms with Gasteiger partial charge in [0.05, 0.1) is 12.1 Å². The minimum atomic E-state index is -0.380. The summed E-state index contributed by atoms with van der Waals surface area (Å²) in [5.41, 5.74) is 2.07. The maximum absolute atomic E-state index is 10.1. The first-order valence-electron chi connectivity index (χ1n) is 7.99. The number of pyridine rings is 1. The van der Waals surface area contributed by atoms with E-state index in [-0.39, 0.29) is 12.1 Å². The third-order valence-corrected chi connectivity index (χ3v) is 4.28. The summed E-state index contributed by atoms with van der Waals surface area (Å²) >= 11 is 0. The summed E-state index contributed by atoms with van der Waals surface area (Å²) in [6.45, 7) is 1.35. The van der Waals surface area contributed by atoms with Crippen molar-refractivity contribution in [3.8, 4) is 11.4 Å². The summed E-state index contributed by atoms with van der Waals surface area (Å²) in [6, 6.07) is 13.8. The van der Waals surface area contributed by atoms with Gasteiger partial charge in [-0.3, -0.25) is 9.88 Å². The summed E-state index contributed by atoms with van der Waals surface area (Å²) in [4.78, 5) is 10.7. The molecule has 0 bridgehead atoms. The molecule has 2 atom stereocenters. The molecule has 0 saturated carbocycles. The molecule has 1 aromatic carbocycles. The lowest BCUT2D eigenvalue weighted by Crippen LogP contribution is -2.24. The van der Waals surface area contributed by atoms with E-state index < -0.39 is 0 Å². The van der Waals surface area contributed by atoms with E-state index in [1.165, 1.54) is 5.56 Å². The maximum atomic E-state index is 10.1. The van der Waals surface area contributed by atoms with Crippen LogP contribution in [-0.4, -0.2) is 37.8 Å². The van der Waals surface area contributed by atoms with Crippen LogP contribution in [0.25, 0.3) is 11.4 Å². The van der Waals surface area contributed by atoms with E-state index in [1.807, 2.05) is 30.3 Å². The van der Waals surface area contributed by atoms with Gasteiger partial charge in [0.1, 0.15) is 0 Å². The van der Waals surface area contributed by atoms with Crippen LogP contribution in [0, 0.1) is 0 Å². The molecule has 122 valence electrons. The fraction of sp³-hybridized carbons (Fsp3) is 0.278. The lowest BCUT2D eigenvalue weighted by Gasteiger charge is -2.21. The molecule has 6 nitrogen and oxygen atoms in total. The zero-order valence-corrected chi connectivity index (χ0v) is 13.1. The van der Waals surface area contributed by atoms with Crippen LogP contribution < -0.4 is 0 Å². The molecular weight excluding hydrogens is 304 g/mol. The number of β-amino-alcohol motifs (C(OH)–C–C–N with tert-alkyl or cyclic N) is 1. The van der Waals surface area contributed by atoms with E-state index in [1.54, 1.807) is 12.4 Å². The third kappa shape index (κ3) is 3.06. The van der Waals surface area contributed by atoms with Gasteiger partial charge in [0.25, 0.3) is 0 Å². The second-order valence-electron chi connectivity index (χ2n) is 6.01. The average molecular weight is 322 g/mol. The number of nitrogens with zero attached hydrogens (tertiary/aromatic N) is 4. The molecule has 1 saturated heterocycles. The first-order valence-corrected chi connectivity index (χ1v) is 7.99. The van der Waals surface area contributed by atoms with Crippen LogP contribution in [0.2, 0.25) is 0 Å². The van der Waals surface area contributed by atoms with Crippen molar-refractivity contribution < 1.29 is 9.63 Å². The summed E-state index contributed by atoms with van der Waals surface area (Å²) < 4.78 is 5.48. The second kappa shape index (κ2) is 6.51. The van der Waals surface area contributed by atoms with Gasteiger partial charge in [-0.1, -0.05) is 35.5 Å². The van der Waals surface area contributed by atoms with Crippen molar-refractivity contribution in [2.24, 2.45) is 0 Å². The number of aromatic nitrogens is 3. The van der Waals surface area contributed by atoms with Gasteiger partial charge in [0.15, 0.2) is 0 Å². The van der Waals surface area contributed by atoms with Gasteiger partial charge in [-0.05, 0) is 24.1 Å². The Morgan fingerprint density at radius 3 is 2.71 bits per heavy atom. The summed E-state index contributed by atoms with van der Waals surface area (Å²) in [5.74, 6) is 1.10. The van der Waals surface area contributed by atoms with Gasteiger partial charge in [-0.2, -0.15) is 4.98 Å². The van der Waals surface area contributed by atoms with E-state index in [0.717, 1.165) is 12.1 Å². The quantitative estimate of drug-likeness (QED) is 0.795. The third-order valence-electron chi connectivity index (χ3n) is 4.28. The zero-order chi connectivity index (χ0) is 16.4. The van der Waals surface area contributed by atoms with Crippen LogP contribution in [0.1, 0.15) is 23.9 Å². The molecule has 3 aromatic rings. The van der Waals surface area contributed by atoms with E-state index in [4.69, 9.17) is 4.52 Å². The minimum absolute atomic E-state index is 0.0664. The molecule has 1 aliphatic heterocycles. The van der Waals surface area contributed by atoms with Gasteiger partial charge >= 0.3 is 0 Å². The normalized spacial score (nSPS) is 21.2.